The van der Waals surface area contributed by atoms with Gasteiger partial charge < -0.3 is 11.1 Å². The molecule has 1 aromatic rings. The highest BCUT2D eigenvalue weighted by Gasteiger charge is 2.29. The number of pyridine rings is 1. The molecule has 7 nitrogen and oxygen atoms in total. The van der Waals surface area contributed by atoms with Crippen molar-refractivity contribution in [3.63, 3.8) is 0 Å². The highest BCUT2D eigenvalue weighted by molar-refractivity contribution is 7.88. The van der Waals surface area contributed by atoms with Crippen LogP contribution in [0.1, 0.15) is 19.3 Å². The first-order chi connectivity index (χ1) is 9.94. The quantitative estimate of drug-likeness (QED) is 0.543. The molecule has 1 aromatic heterocycles. The highest BCUT2D eigenvalue weighted by atomic mass is 32.2. The lowest BCUT2D eigenvalue weighted by Gasteiger charge is -2.18. The summed E-state index contributed by atoms with van der Waals surface area (Å²) in [6.07, 6.45) is 5.65. The van der Waals surface area contributed by atoms with E-state index in [1.165, 1.54) is 6.26 Å². The lowest BCUT2D eigenvalue weighted by atomic mass is 10.1. The van der Waals surface area contributed by atoms with Gasteiger partial charge in [0.25, 0.3) is 0 Å². The first kappa shape index (κ1) is 15.7. The summed E-state index contributed by atoms with van der Waals surface area (Å²) in [5.41, 5.74) is 5.82. The number of hydrogen-bond acceptors (Lipinski definition) is 4. The molecular formula is C13H21N5O2S. The first-order valence-corrected chi connectivity index (χ1v) is 8.78. The summed E-state index contributed by atoms with van der Waals surface area (Å²) in [5.74, 6) is 1.11. The molecule has 0 bridgehead atoms. The van der Waals surface area contributed by atoms with E-state index in [4.69, 9.17) is 5.73 Å². The van der Waals surface area contributed by atoms with Crippen molar-refractivity contribution in [2.45, 2.75) is 25.3 Å². The second-order valence-corrected chi connectivity index (χ2v) is 7.03. The summed E-state index contributed by atoms with van der Waals surface area (Å²) in [6.45, 7) is 0.499. The zero-order valence-corrected chi connectivity index (χ0v) is 12.8. The monoisotopic (exact) mass is 311 g/mol. The second kappa shape index (κ2) is 6.86. The van der Waals surface area contributed by atoms with Crippen LogP contribution in [0.2, 0.25) is 0 Å². The van der Waals surface area contributed by atoms with E-state index >= 15 is 0 Å². The normalized spacial score (nSPS) is 23.2. The average molecular weight is 311 g/mol. The Labute approximate surface area is 125 Å². The molecule has 2 unspecified atom stereocenters. The van der Waals surface area contributed by atoms with Crippen molar-refractivity contribution in [2.24, 2.45) is 16.6 Å². The number of nitrogens with one attached hydrogen (secondary N) is 2. The Morgan fingerprint density at radius 2 is 2.29 bits per heavy atom. The smallest absolute Gasteiger partial charge is 0.208 e. The van der Waals surface area contributed by atoms with Gasteiger partial charge in [0.2, 0.25) is 10.0 Å². The number of anilines is 1. The molecule has 2 atom stereocenters. The lowest BCUT2D eigenvalue weighted by Crippen LogP contribution is -2.38. The first-order valence-electron chi connectivity index (χ1n) is 6.89. The minimum atomic E-state index is -3.18. The molecule has 8 heteroatoms. The van der Waals surface area contributed by atoms with Crippen LogP contribution < -0.4 is 15.8 Å². The number of aromatic nitrogens is 1. The fourth-order valence-electron chi connectivity index (χ4n) is 2.51. The summed E-state index contributed by atoms with van der Waals surface area (Å²) in [6, 6.07) is 5.42. The van der Waals surface area contributed by atoms with E-state index in [0.29, 0.717) is 18.3 Å². The molecule has 0 radical (unpaired) electrons. The van der Waals surface area contributed by atoms with Crippen molar-refractivity contribution >= 4 is 21.8 Å². The van der Waals surface area contributed by atoms with Crippen LogP contribution in [0, 0.1) is 5.92 Å². The molecule has 1 heterocycles. The van der Waals surface area contributed by atoms with Gasteiger partial charge in [0.05, 0.1) is 6.26 Å². The summed E-state index contributed by atoms with van der Waals surface area (Å²) in [4.78, 5) is 8.39. The van der Waals surface area contributed by atoms with Crippen LogP contribution in [0.25, 0.3) is 0 Å². The van der Waals surface area contributed by atoms with E-state index in [0.717, 1.165) is 19.3 Å². The van der Waals surface area contributed by atoms with Gasteiger partial charge in [-0.1, -0.05) is 12.5 Å². The van der Waals surface area contributed by atoms with Crippen LogP contribution in [0.15, 0.2) is 29.4 Å². The molecule has 0 saturated heterocycles. The zero-order chi connectivity index (χ0) is 15.3. The molecule has 0 amide bonds. The standard InChI is InChI=1S/C13H21N5O2S/c1-21(19,20)18-11-6-4-5-10(11)9-16-13(14)17-12-7-2-3-8-15-12/h2-3,7-8,10-11,18H,4-6,9H2,1H3,(H3,14,15,16,17). The number of hydrogen-bond donors (Lipinski definition) is 3. The van der Waals surface area contributed by atoms with Crippen LogP contribution >= 0.6 is 0 Å². The van der Waals surface area contributed by atoms with Crippen molar-refractivity contribution in [2.75, 3.05) is 18.1 Å². The van der Waals surface area contributed by atoms with Crippen LogP contribution in [0.3, 0.4) is 0 Å². The number of aliphatic imine (C=N–C) groups is 1. The average Bonchev–Trinajstić information content (AvgIpc) is 2.82. The Kier molecular flexibility index (Phi) is 5.13. The molecule has 116 valence electrons. The summed E-state index contributed by atoms with van der Waals surface area (Å²) < 4.78 is 25.3. The third-order valence-electron chi connectivity index (χ3n) is 3.44. The van der Waals surface area contributed by atoms with Crippen molar-refractivity contribution in [3.8, 4) is 0 Å². The van der Waals surface area contributed by atoms with E-state index in [1.807, 2.05) is 12.1 Å². The van der Waals surface area contributed by atoms with Gasteiger partial charge >= 0.3 is 0 Å². The minimum Gasteiger partial charge on any atom is -0.370 e. The Balaban J connectivity index is 1.90. The van der Waals surface area contributed by atoms with E-state index in [-0.39, 0.29) is 12.0 Å². The molecular weight excluding hydrogens is 290 g/mol. The van der Waals surface area contributed by atoms with Crippen molar-refractivity contribution in [1.82, 2.24) is 9.71 Å². The fourth-order valence-corrected chi connectivity index (χ4v) is 3.37. The van der Waals surface area contributed by atoms with Gasteiger partial charge in [-0.05, 0) is 30.9 Å². The van der Waals surface area contributed by atoms with Crippen LogP contribution in [0.5, 0.6) is 0 Å². The highest BCUT2D eigenvalue weighted by Crippen LogP contribution is 2.26. The largest absolute Gasteiger partial charge is 0.370 e. The number of nitrogens with zero attached hydrogens (tertiary/aromatic N) is 2. The van der Waals surface area contributed by atoms with Gasteiger partial charge in [0.15, 0.2) is 5.96 Å². The number of nitrogens with two attached hydrogens (primary N) is 1. The third-order valence-corrected chi connectivity index (χ3v) is 4.17. The molecule has 4 N–H and O–H groups in total. The van der Waals surface area contributed by atoms with Crippen LogP contribution in [-0.2, 0) is 10.0 Å². The van der Waals surface area contributed by atoms with Crippen molar-refractivity contribution in [1.29, 1.82) is 0 Å². The van der Waals surface area contributed by atoms with Crippen LogP contribution in [0.4, 0.5) is 5.82 Å². The molecule has 0 aromatic carbocycles. The number of rotatable bonds is 5. The predicted octanol–water partition coefficient (Wildman–Crippen LogP) is 0.526. The molecule has 1 saturated carbocycles. The summed E-state index contributed by atoms with van der Waals surface area (Å²) in [5, 5.41) is 2.91. The van der Waals surface area contributed by atoms with Gasteiger partial charge in [-0.15, -0.1) is 0 Å². The minimum absolute atomic E-state index is 0.0496. The second-order valence-electron chi connectivity index (χ2n) is 5.25. The zero-order valence-electron chi connectivity index (χ0n) is 12.0. The van der Waals surface area contributed by atoms with E-state index in [2.05, 4.69) is 20.0 Å². The maximum absolute atomic E-state index is 11.3. The van der Waals surface area contributed by atoms with Gasteiger partial charge in [0, 0.05) is 18.8 Å². The topological polar surface area (TPSA) is 109 Å². The number of sulfonamides is 1. The van der Waals surface area contributed by atoms with Gasteiger partial charge in [-0.3, -0.25) is 4.99 Å². The van der Waals surface area contributed by atoms with Gasteiger partial charge in [-0.25, -0.2) is 18.1 Å². The lowest BCUT2D eigenvalue weighted by molar-refractivity contribution is 0.455. The SMILES string of the molecule is CS(=O)(=O)NC1CCCC1CN=C(N)Nc1ccccn1. The predicted molar refractivity (Wildman–Crippen MR) is 83.5 cm³/mol. The Bertz CT molecular complexity index is 588. The molecule has 1 aliphatic rings. The van der Waals surface area contributed by atoms with E-state index < -0.39 is 10.0 Å². The molecule has 0 aliphatic heterocycles. The molecule has 1 aliphatic carbocycles. The van der Waals surface area contributed by atoms with E-state index in [9.17, 15) is 8.42 Å². The van der Waals surface area contributed by atoms with Crippen molar-refractivity contribution in [3.05, 3.63) is 24.4 Å². The van der Waals surface area contributed by atoms with E-state index in [1.54, 1.807) is 12.3 Å². The summed E-state index contributed by atoms with van der Waals surface area (Å²) in [7, 11) is -3.18. The maximum atomic E-state index is 11.3. The Hall–Kier alpha value is -1.67. The molecule has 0 spiro atoms. The van der Waals surface area contributed by atoms with Crippen molar-refractivity contribution < 1.29 is 8.42 Å². The number of guanidine groups is 1. The molecule has 1 fully saturated rings. The van der Waals surface area contributed by atoms with Crippen LogP contribution in [-0.4, -0.2) is 38.2 Å². The third kappa shape index (κ3) is 5.31. The Morgan fingerprint density at radius 1 is 1.48 bits per heavy atom. The molecule has 21 heavy (non-hydrogen) atoms. The molecule has 2 rings (SSSR count). The maximum Gasteiger partial charge on any atom is 0.208 e. The summed E-state index contributed by atoms with van der Waals surface area (Å²) >= 11 is 0. The Morgan fingerprint density at radius 3 is 2.95 bits per heavy atom. The fraction of sp³-hybridized carbons (Fsp3) is 0.538. The van der Waals surface area contributed by atoms with Gasteiger partial charge in [0.1, 0.15) is 5.82 Å². The van der Waals surface area contributed by atoms with Gasteiger partial charge in [-0.2, -0.15) is 0 Å².